The summed E-state index contributed by atoms with van der Waals surface area (Å²) >= 11 is 0. The summed E-state index contributed by atoms with van der Waals surface area (Å²) in [5.74, 6) is 0.297. The van der Waals surface area contributed by atoms with Crippen molar-refractivity contribution in [2.75, 3.05) is 11.1 Å². The van der Waals surface area contributed by atoms with Gasteiger partial charge in [0, 0.05) is 17.7 Å². The second kappa shape index (κ2) is 7.09. The summed E-state index contributed by atoms with van der Waals surface area (Å²) < 4.78 is 24.3. The standard InChI is InChI=1S/C17H19N3O3S/c21-16(20-17-14-8-4-9-15(14)18-12-19-17)10-5-11-24(22,23)13-6-2-1-3-7-13/h1-3,6-7,12H,4-5,8-11H2,(H,18,19,20,21). The van der Waals surface area contributed by atoms with E-state index in [1.807, 2.05) is 0 Å². The summed E-state index contributed by atoms with van der Waals surface area (Å²) in [4.78, 5) is 20.7. The fourth-order valence-electron chi connectivity index (χ4n) is 2.83. The summed E-state index contributed by atoms with van der Waals surface area (Å²) in [5, 5.41) is 2.78. The summed E-state index contributed by atoms with van der Waals surface area (Å²) in [6, 6.07) is 8.29. The zero-order chi connectivity index (χ0) is 17.0. The molecule has 1 amide bonds. The van der Waals surface area contributed by atoms with Gasteiger partial charge in [-0.2, -0.15) is 0 Å². The maximum absolute atomic E-state index is 12.2. The van der Waals surface area contributed by atoms with Crippen LogP contribution in [-0.2, 0) is 27.5 Å². The maximum atomic E-state index is 12.2. The Labute approximate surface area is 141 Å². The average Bonchev–Trinajstić information content (AvgIpc) is 3.05. The quantitative estimate of drug-likeness (QED) is 0.866. The highest BCUT2D eigenvalue weighted by Crippen LogP contribution is 2.25. The molecule has 3 rings (SSSR count). The van der Waals surface area contributed by atoms with Gasteiger partial charge in [-0.15, -0.1) is 0 Å². The summed E-state index contributed by atoms with van der Waals surface area (Å²) in [7, 11) is -3.34. The molecule has 0 atom stereocenters. The van der Waals surface area contributed by atoms with Crippen LogP contribution in [0.3, 0.4) is 0 Å². The average molecular weight is 345 g/mol. The van der Waals surface area contributed by atoms with Gasteiger partial charge in [0.25, 0.3) is 0 Å². The number of fused-ring (bicyclic) bond motifs is 1. The molecule has 0 bridgehead atoms. The largest absolute Gasteiger partial charge is 0.310 e. The zero-order valence-electron chi connectivity index (χ0n) is 13.2. The van der Waals surface area contributed by atoms with E-state index in [1.165, 1.54) is 6.33 Å². The molecule has 0 radical (unpaired) electrons. The molecule has 0 saturated carbocycles. The second-order valence-corrected chi connectivity index (χ2v) is 7.89. The molecule has 6 nitrogen and oxygen atoms in total. The monoisotopic (exact) mass is 345 g/mol. The van der Waals surface area contributed by atoms with E-state index in [9.17, 15) is 13.2 Å². The Bertz CT molecular complexity index is 835. The molecule has 1 aromatic heterocycles. The Morgan fingerprint density at radius 2 is 1.92 bits per heavy atom. The minimum Gasteiger partial charge on any atom is -0.310 e. The molecule has 1 aliphatic rings. The number of nitrogens with one attached hydrogen (secondary N) is 1. The molecule has 0 spiro atoms. The number of hydrogen-bond acceptors (Lipinski definition) is 5. The third-order valence-electron chi connectivity index (χ3n) is 4.05. The number of carbonyl (C=O) groups excluding carboxylic acids is 1. The van der Waals surface area contributed by atoms with E-state index in [2.05, 4.69) is 15.3 Å². The highest BCUT2D eigenvalue weighted by molar-refractivity contribution is 7.91. The lowest BCUT2D eigenvalue weighted by Gasteiger charge is -2.08. The Balaban J connectivity index is 1.54. The Morgan fingerprint density at radius 3 is 2.71 bits per heavy atom. The van der Waals surface area contributed by atoms with Gasteiger partial charge in [-0.1, -0.05) is 18.2 Å². The van der Waals surface area contributed by atoms with Gasteiger partial charge in [0.05, 0.1) is 10.6 Å². The van der Waals surface area contributed by atoms with Gasteiger partial charge in [-0.3, -0.25) is 4.79 Å². The lowest BCUT2D eigenvalue weighted by Crippen LogP contribution is -2.16. The Hall–Kier alpha value is -2.28. The second-order valence-electron chi connectivity index (χ2n) is 5.78. The van der Waals surface area contributed by atoms with Crippen LogP contribution in [0.4, 0.5) is 5.82 Å². The smallest absolute Gasteiger partial charge is 0.225 e. The van der Waals surface area contributed by atoms with Crippen LogP contribution >= 0.6 is 0 Å². The maximum Gasteiger partial charge on any atom is 0.225 e. The van der Waals surface area contributed by atoms with Crippen LogP contribution in [0.1, 0.15) is 30.5 Å². The van der Waals surface area contributed by atoms with Gasteiger partial charge in [-0.05, 0) is 37.8 Å². The number of nitrogens with zero attached hydrogens (tertiary/aromatic N) is 2. The number of aryl methyl sites for hydroxylation is 1. The minimum atomic E-state index is -3.34. The van der Waals surface area contributed by atoms with E-state index in [4.69, 9.17) is 0 Å². The van der Waals surface area contributed by atoms with E-state index in [0.29, 0.717) is 10.7 Å². The van der Waals surface area contributed by atoms with Crippen molar-refractivity contribution in [3.05, 3.63) is 47.9 Å². The van der Waals surface area contributed by atoms with E-state index in [0.717, 1.165) is 30.5 Å². The number of aromatic nitrogens is 2. The van der Waals surface area contributed by atoms with E-state index in [1.54, 1.807) is 30.3 Å². The first-order chi connectivity index (χ1) is 11.6. The molecule has 1 heterocycles. The van der Waals surface area contributed by atoms with Crippen LogP contribution in [0.2, 0.25) is 0 Å². The molecule has 0 unspecified atom stereocenters. The van der Waals surface area contributed by atoms with Crippen molar-refractivity contribution < 1.29 is 13.2 Å². The molecule has 2 aromatic rings. The van der Waals surface area contributed by atoms with Crippen molar-refractivity contribution in [2.24, 2.45) is 0 Å². The topological polar surface area (TPSA) is 89.0 Å². The highest BCUT2D eigenvalue weighted by atomic mass is 32.2. The molecule has 1 N–H and O–H groups in total. The number of amides is 1. The molecule has 1 aliphatic carbocycles. The van der Waals surface area contributed by atoms with Gasteiger partial charge in [0.1, 0.15) is 12.1 Å². The number of sulfone groups is 1. The molecule has 7 heteroatoms. The predicted molar refractivity (Wildman–Crippen MR) is 90.4 cm³/mol. The SMILES string of the molecule is O=C(CCCS(=O)(=O)c1ccccc1)Nc1ncnc2c1CCC2. The minimum absolute atomic E-state index is 0.0493. The predicted octanol–water partition coefficient (Wildman–Crippen LogP) is 2.16. The molecule has 24 heavy (non-hydrogen) atoms. The Morgan fingerprint density at radius 1 is 1.12 bits per heavy atom. The summed E-state index contributed by atoms with van der Waals surface area (Å²) in [6.45, 7) is 0. The number of hydrogen-bond donors (Lipinski definition) is 1. The fourth-order valence-corrected chi connectivity index (χ4v) is 4.16. The molecule has 0 aliphatic heterocycles. The normalized spacial score (nSPS) is 13.5. The summed E-state index contributed by atoms with van der Waals surface area (Å²) in [6.07, 6.45) is 4.68. The number of anilines is 1. The van der Waals surface area contributed by atoms with Gasteiger partial charge >= 0.3 is 0 Å². The van der Waals surface area contributed by atoms with Crippen LogP contribution in [0.15, 0.2) is 41.6 Å². The number of benzene rings is 1. The summed E-state index contributed by atoms with van der Waals surface area (Å²) in [5.41, 5.74) is 2.00. The first-order valence-electron chi connectivity index (χ1n) is 7.97. The zero-order valence-corrected chi connectivity index (χ0v) is 14.1. The van der Waals surface area contributed by atoms with Crippen LogP contribution in [0.25, 0.3) is 0 Å². The first kappa shape index (κ1) is 16.6. The van der Waals surface area contributed by atoms with E-state index >= 15 is 0 Å². The van der Waals surface area contributed by atoms with Gasteiger partial charge in [0.2, 0.25) is 5.91 Å². The molecule has 126 valence electrons. The van der Waals surface area contributed by atoms with Crippen LogP contribution < -0.4 is 5.32 Å². The Kier molecular flexibility index (Phi) is 4.89. The third kappa shape index (κ3) is 3.79. The lowest BCUT2D eigenvalue weighted by atomic mass is 10.2. The third-order valence-corrected chi connectivity index (χ3v) is 5.87. The molecule has 0 fully saturated rings. The fraction of sp³-hybridized carbons (Fsp3) is 0.353. The number of rotatable bonds is 6. The van der Waals surface area contributed by atoms with Crippen molar-refractivity contribution in [1.29, 1.82) is 0 Å². The number of carbonyl (C=O) groups is 1. The van der Waals surface area contributed by atoms with Gasteiger partial charge in [-0.25, -0.2) is 18.4 Å². The van der Waals surface area contributed by atoms with Crippen molar-refractivity contribution in [3.63, 3.8) is 0 Å². The first-order valence-corrected chi connectivity index (χ1v) is 9.62. The van der Waals surface area contributed by atoms with E-state index in [-0.39, 0.29) is 24.5 Å². The highest BCUT2D eigenvalue weighted by Gasteiger charge is 2.19. The van der Waals surface area contributed by atoms with Crippen LogP contribution in [0, 0.1) is 0 Å². The molecule has 1 aromatic carbocycles. The van der Waals surface area contributed by atoms with Crippen molar-refractivity contribution in [1.82, 2.24) is 9.97 Å². The van der Waals surface area contributed by atoms with Gasteiger partial charge in [0.15, 0.2) is 9.84 Å². The van der Waals surface area contributed by atoms with Crippen molar-refractivity contribution in [2.45, 2.75) is 37.0 Å². The van der Waals surface area contributed by atoms with Crippen molar-refractivity contribution >= 4 is 21.6 Å². The molecule has 0 saturated heterocycles. The van der Waals surface area contributed by atoms with Crippen molar-refractivity contribution in [3.8, 4) is 0 Å². The molecular formula is C17H19N3O3S. The lowest BCUT2D eigenvalue weighted by molar-refractivity contribution is -0.116. The van der Waals surface area contributed by atoms with Gasteiger partial charge < -0.3 is 5.32 Å². The van der Waals surface area contributed by atoms with Crippen LogP contribution in [0.5, 0.6) is 0 Å². The van der Waals surface area contributed by atoms with E-state index < -0.39 is 9.84 Å². The molecular weight excluding hydrogens is 326 g/mol. The van der Waals surface area contributed by atoms with Crippen LogP contribution in [-0.4, -0.2) is 30.0 Å².